The lowest BCUT2D eigenvalue weighted by molar-refractivity contribution is -0.182. The minimum absolute atomic E-state index is 0.00712. The fourth-order valence-corrected chi connectivity index (χ4v) is 3.77. The van der Waals surface area contributed by atoms with Crippen molar-refractivity contribution in [1.29, 1.82) is 0 Å². The molecule has 0 spiro atoms. The molecule has 2 unspecified atom stereocenters. The van der Waals surface area contributed by atoms with Crippen LogP contribution in [0.15, 0.2) is 60.7 Å². The van der Waals surface area contributed by atoms with Gasteiger partial charge in [-0.1, -0.05) is 60.7 Å². The first-order valence-electron chi connectivity index (χ1n) is 10.6. The Labute approximate surface area is 191 Å². The van der Waals surface area contributed by atoms with Crippen molar-refractivity contribution in [3.8, 4) is 0 Å². The molecule has 2 atom stereocenters. The number of rotatable bonds is 9. The number of ether oxygens (including phenoxy) is 2. The van der Waals surface area contributed by atoms with Crippen LogP contribution in [0.1, 0.15) is 30.9 Å². The van der Waals surface area contributed by atoms with Crippen molar-refractivity contribution in [2.24, 2.45) is 0 Å². The number of aliphatic hydroxyl groups is 1. The first kappa shape index (κ1) is 24.2. The lowest BCUT2D eigenvalue weighted by atomic mass is 9.95. The molecule has 9 heteroatoms. The molecule has 1 aliphatic rings. The molecular formula is C24H28N2O7. The molecule has 1 saturated heterocycles. The predicted octanol–water partition coefficient (Wildman–Crippen LogP) is 2.28. The van der Waals surface area contributed by atoms with E-state index < -0.39 is 35.8 Å². The monoisotopic (exact) mass is 456 g/mol. The number of amides is 2. The number of nitrogens with zero attached hydrogens (tertiary/aromatic N) is 1. The molecule has 1 aliphatic heterocycles. The van der Waals surface area contributed by atoms with Crippen molar-refractivity contribution in [3.63, 3.8) is 0 Å². The summed E-state index contributed by atoms with van der Waals surface area (Å²) in [5.74, 6) is -1.67. The standard InChI is InChI=1S/C24H28N2O7/c1-23(33-16-19-11-6-3-7-12-19,21(29)32-15-18-9-4-2-5-10-18)25-20(28)24(17-27)13-8-14-26(24)22(30)31/h2-7,9-12,27H,8,13-17H2,1H3,(H,25,28)(H,30,31). The summed E-state index contributed by atoms with van der Waals surface area (Å²) in [5.41, 5.74) is -2.11. The normalized spacial score (nSPS) is 19.5. The van der Waals surface area contributed by atoms with E-state index in [1.54, 1.807) is 24.3 Å². The highest BCUT2D eigenvalue weighted by molar-refractivity contribution is 5.94. The van der Waals surface area contributed by atoms with E-state index in [-0.39, 0.29) is 26.2 Å². The second-order valence-electron chi connectivity index (χ2n) is 8.05. The summed E-state index contributed by atoms with van der Waals surface area (Å²) in [7, 11) is 0. The van der Waals surface area contributed by atoms with Crippen molar-refractivity contribution in [1.82, 2.24) is 10.2 Å². The maximum Gasteiger partial charge on any atom is 0.408 e. The van der Waals surface area contributed by atoms with E-state index in [2.05, 4.69) is 5.32 Å². The molecule has 2 aromatic rings. The molecule has 33 heavy (non-hydrogen) atoms. The molecule has 0 radical (unpaired) electrons. The van der Waals surface area contributed by atoms with Crippen LogP contribution < -0.4 is 5.32 Å². The fourth-order valence-electron chi connectivity index (χ4n) is 3.77. The van der Waals surface area contributed by atoms with Gasteiger partial charge in [0.25, 0.3) is 5.91 Å². The molecule has 176 valence electrons. The second-order valence-corrected chi connectivity index (χ2v) is 8.05. The third kappa shape index (κ3) is 5.50. The van der Waals surface area contributed by atoms with Gasteiger partial charge < -0.3 is 25.0 Å². The molecule has 3 N–H and O–H groups in total. The second kappa shape index (κ2) is 10.5. The Kier molecular flexibility index (Phi) is 7.67. The maximum absolute atomic E-state index is 13.3. The van der Waals surface area contributed by atoms with Gasteiger partial charge in [-0.05, 0) is 30.9 Å². The van der Waals surface area contributed by atoms with Crippen molar-refractivity contribution in [3.05, 3.63) is 71.8 Å². The number of benzene rings is 2. The SMILES string of the molecule is CC(NC(=O)C1(CO)CCCN1C(=O)O)(OCc1ccccc1)C(=O)OCc1ccccc1. The third-order valence-corrected chi connectivity index (χ3v) is 5.73. The summed E-state index contributed by atoms with van der Waals surface area (Å²) < 4.78 is 11.2. The largest absolute Gasteiger partial charge is 0.465 e. The molecule has 2 aromatic carbocycles. The maximum atomic E-state index is 13.3. The summed E-state index contributed by atoms with van der Waals surface area (Å²) in [6.45, 7) is 0.688. The summed E-state index contributed by atoms with van der Waals surface area (Å²) >= 11 is 0. The van der Waals surface area contributed by atoms with Gasteiger partial charge in [-0.15, -0.1) is 0 Å². The topological polar surface area (TPSA) is 125 Å². The zero-order valence-electron chi connectivity index (χ0n) is 18.4. The van der Waals surface area contributed by atoms with Crippen LogP contribution in [-0.2, 0) is 32.3 Å². The number of carbonyl (C=O) groups excluding carboxylic acids is 2. The summed E-state index contributed by atoms with van der Waals surface area (Å²) in [4.78, 5) is 38.9. The lowest BCUT2D eigenvalue weighted by Gasteiger charge is -2.37. The van der Waals surface area contributed by atoms with Gasteiger partial charge in [-0.2, -0.15) is 0 Å². The van der Waals surface area contributed by atoms with Crippen LogP contribution in [0.3, 0.4) is 0 Å². The van der Waals surface area contributed by atoms with Gasteiger partial charge in [0.2, 0.25) is 5.72 Å². The first-order chi connectivity index (χ1) is 15.8. The summed E-state index contributed by atoms with van der Waals surface area (Å²) in [5, 5.41) is 22.0. The Morgan fingerprint density at radius 2 is 1.61 bits per heavy atom. The van der Waals surface area contributed by atoms with Crippen LogP contribution in [-0.4, -0.2) is 57.5 Å². The highest BCUT2D eigenvalue weighted by Gasteiger charge is 2.52. The fraction of sp³-hybridized carbons (Fsp3) is 0.375. The molecule has 0 saturated carbocycles. The van der Waals surface area contributed by atoms with Crippen LogP contribution in [0.25, 0.3) is 0 Å². The number of esters is 1. The number of hydrogen-bond donors (Lipinski definition) is 3. The molecule has 9 nitrogen and oxygen atoms in total. The van der Waals surface area contributed by atoms with Crippen molar-refractivity contribution < 1.29 is 34.1 Å². The minimum Gasteiger partial charge on any atom is -0.465 e. The van der Waals surface area contributed by atoms with Gasteiger partial charge in [0.1, 0.15) is 12.1 Å². The molecular weight excluding hydrogens is 428 g/mol. The van der Waals surface area contributed by atoms with Crippen molar-refractivity contribution >= 4 is 18.0 Å². The van der Waals surface area contributed by atoms with Crippen molar-refractivity contribution in [2.75, 3.05) is 13.2 Å². The van der Waals surface area contributed by atoms with Crippen LogP contribution in [0.5, 0.6) is 0 Å². The quantitative estimate of drug-likeness (QED) is 0.390. The molecule has 3 rings (SSSR count). The molecule has 0 aromatic heterocycles. The number of likely N-dealkylation sites (tertiary alicyclic amines) is 1. The Bertz CT molecular complexity index is 969. The Hall–Kier alpha value is -3.43. The number of nitrogens with one attached hydrogen (secondary N) is 1. The molecule has 0 bridgehead atoms. The highest BCUT2D eigenvalue weighted by atomic mass is 16.6. The predicted molar refractivity (Wildman–Crippen MR) is 118 cm³/mol. The Morgan fingerprint density at radius 1 is 1.03 bits per heavy atom. The van der Waals surface area contributed by atoms with E-state index in [1.807, 2.05) is 36.4 Å². The molecule has 0 aliphatic carbocycles. The van der Waals surface area contributed by atoms with E-state index in [1.165, 1.54) is 6.92 Å². The minimum atomic E-state index is -1.92. The zero-order valence-corrected chi connectivity index (χ0v) is 18.4. The summed E-state index contributed by atoms with van der Waals surface area (Å²) in [6.07, 6.45) is -0.800. The van der Waals surface area contributed by atoms with Gasteiger partial charge in [-0.3, -0.25) is 9.69 Å². The average Bonchev–Trinajstić information content (AvgIpc) is 3.28. The van der Waals surface area contributed by atoms with E-state index >= 15 is 0 Å². The zero-order chi connectivity index (χ0) is 23.9. The van der Waals surface area contributed by atoms with E-state index in [0.717, 1.165) is 16.0 Å². The summed E-state index contributed by atoms with van der Waals surface area (Å²) in [6, 6.07) is 18.1. The van der Waals surface area contributed by atoms with Crippen LogP contribution in [0.4, 0.5) is 4.79 Å². The van der Waals surface area contributed by atoms with Crippen LogP contribution in [0.2, 0.25) is 0 Å². The third-order valence-electron chi connectivity index (χ3n) is 5.73. The number of carboxylic acid groups (broad SMARTS) is 1. The Morgan fingerprint density at radius 3 is 2.15 bits per heavy atom. The first-order valence-corrected chi connectivity index (χ1v) is 10.6. The van der Waals surface area contributed by atoms with Gasteiger partial charge in [0.15, 0.2) is 0 Å². The van der Waals surface area contributed by atoms with Crippen molar-refractivity contribution in [2.45, 2.75) is 44.2 Å². The number of carbonyl (C=O) groups is 3. The van der Waals surface area contributed by atoms with E-state index in [9.17, 15) is 24.6 Å². The molecule has 1 fully saturated rings. The van der Waals surface area contributed by atoms with Crippen LogP contribution in [0, 0.1) is 0 Å². The Balaban J connectivity index is 1.81. The number of aliphatic hydroxyl groups excluding tert-OH is 1. The van der Waals surface area contributed by atoms with Crippen LogP contribution >= 0.6 is 0 Å². The lowest BCUT2D eigenvalue weighted by Crippen LogP contribution is -2.65. The van der Waals surface area contributed by atoms with E-state index in [0.29, 0.717) is 6.42 Å². The average molecular weight is 456 g/mol. The molecule has 2 amide bonds. The van der Waals surface area contributed by atoms with Gasteiger partial charge in [0, 0.05) is 6.54 Å². The van der Waals surface area contributed by atoms with E-state index in [4.69, 9.17) is 9.47 Å². The van der Waals surface area contributed by atoms with Gasteiger partial charge in [0.05, 0.1) is 13.2 Å². The highest BCUT2D eigenvalue weighted by Crippen LogP contribution is 2.30. The molecule has 1 heterocycles. The smallest absolute Gasteiger partial charge is 0.408 e. The van der Waals surface area contributed by atoms with Gasteiger partial charge in [-0.25, -0.2) is 9.59 Å². The number of hydrogen-bond acceptors (Lipinski definition) is 6. The van der Waals surface area contributed by atoms with Gasteiger partial charge >= 0.3 is 12.1 Å².